The summed E-state index contributed by atoms with van der Waals surface area (Å²) in [6.07, 6.45) is -0.421. The van der Waals surface area contributed by atoms with E-state index in [1.165, 1.54) is 47.8 Å². The van der Waals surface area contributed by atoms with Gasteiger partial charge in [-0.15, -0.1) is 24.5 Å². The van der Waals surface area contributed by atoms with Crippen molar-refractivity contribution >= 4 is 28.5 Å². The van der Waals surface area contributed by atoms with Crippen molar-refractivity contribution in [3.05, 3.63) is 47.5 Å². The lowest BCUT2D eigenvalue weighted by atomic mass is 10.2. The third-order valence-corrected chi connectivity index (χ3v) is 2.89. The summed E-state index contributed by atoms with van der Waals surface area (Å²) in [4.78, 5) is 15.4. The number of carbonyl (C=O) groups is 1. The molecule has 0 aliphatic heterocycles. The van der Waals surface area contributed by atoms with Crippen LogP contribution in [0.5, 0.6) is 5.75 Å². The fourth-order valence-corrected chi connectivity index (χ4v) is 1.92. The normalized spacial score (nSPS) is 11.6. The van der Waals surface area contributed by atoms with E-state index in [9.17, 15) is 18.0 Å². The maximum Gasteiger partial charge on any atom is 0.573 e. The predicted molar refractivity (Wildman–Crippen MR) is 72.9 cm³/mol. The molecule has 0 radical (unpaired) electrons. The first kappa shape index (κ1) is 15.0. The standard InChI is InChI=1S/C13H9F3N2O2S/c14-13(15,16)20-10-4-1-9(2-5-10)3-6-11(19)18-12-17-7-8-21-12/h1-8H,(H,17,18,19)/b6-3+. The molecule has 1 heterocycles. The molecule has 0 aliphatic rings. The zero-order chi connectivity index (χ0) is 15.3. The number of halogens is 3. The van der Waals surface area contributed by atoms with Crippen molar-refractivity contribution in [2.45, 2.75) is 6.36 Å². The molecule has 1 aromatic carbocycles. The molecule has 0 atom stereocenters. The molecule has 2 rings (SSSR count). The number of carbonyl (C=O) groups excluding carboxylic acids is 1. The molecular weight excluding hydrogens is 305 g/mol. The third-order valence-electron chi connectivity index (χ3n) is 2.20. The Morgan fingerprint density at radius 2 is 2.00 bits per heavy atom. The van der Waals surface area contributed by atoms with Crippen LogP contribution in [0.3, 0.4) is 0 Å². The Morgan fingerprint density at radius 3 is 2.57 bits per heavy atom. The van der Waals surface area contributed by atoms with Gasteiger partial charge in [-0.2, -0.15) is 0 Å². The number of nitrogens with zero attached hydrogens (tertiary/aromatic N) is 1. The summed E-state index contributed by atoms with van der Waals surface area (Å²) in [5, 5.41) is 4.73. The molecule has 1 N–H and O–H groups in total. The van der Waals surface area contributed by atoms with Crippen LogP contribution in [0.2, 0.25) is 0 Å². The van der Waals surface area contributed by atoms with Crippen LogP contribution in [0, 0.1) is 0 Å². The molecule has 110 valence electrons. The van der Waals surface area contributed by atoms with E-state index in [2.05, 4.69) is 15.0 Å². The van der Waals surface area contributed by atoms with Crippen molar-refractivity contribution in [3.63, 3.8) is 0 Å². The van der Waals surface area contributed by atoms with E-state index in [4.69, 9.17) is 0 Å². The minimum atomic E-state index is -4.72. The third kappa shape index (κ3) is 5.27. The highest BCUT2D eigenvalue weighted by Gasteiger charge is 2.30. The van der Waals surface area contributed by atoms with Crippen molar-refractivity contribution in [1.29, 1.82) is 0 Å². The average molecular weight is 314 g/mol. The average Bonchev–Trinajstić information content (AvgIpc) is 2.89. The molecule has 0 spiro atoms. The maximum absolute atomic E-state index is 12.0. The summed E-state index contributed by atoms with van der Waals surface area (Å²) < 4.78 is 39.7. The number of aromatic nitrogens is 1. The molecule has 0 bridgehead atoms. The molecule has 8 heteroatoms. The van der Waals surface area contributed by atoms with Gasteiger partial charge < -0.3 is 4.74 Å². The van der Waals surface area contributed by atoms with Crippen LogP contribution in [0.1, 0.15) is 5.56 Å². The molecule has 0 aliphatic carbocycles. The zero-order valence-electron chi connectivity index (χ0n) is 10.4. The summed E-state index contributed by atoms with van der Waals surface area (Å²) in [7, 11) is 0. The van der Waals surface area contributed by atoms with E-state index >= 15 is 0 Å². The molecule has 1 amide bonds. The summed E-state index contributed by atoms with van der Waals surface area (Å²) in [5.41, 5.74) is 0.568. The van der Waals surface area contributed by atoms with E-state index in [1.807, 2.05) is 0 Å². The first-order chi connectivity index (χ1) is 9.92. The van der Waals surface area contributed by atoms with E-state index < -0.39 is 6.36 Å². The van der Waals surface area contributed by atoms with Crippen molar-refractivity contribution in [3.8, 4) is 5.75 Å². The first-order valence-electron chi connectivity index (χ1n) is 5.67. The fourth-order valence-electron chi connectivity index (χ4n) is 1.38. The highest BCUT2D eigenvalue weighted by molar-refractivity contribution is 7.13. The van der Waals surface area contributed by atoms with E-state index in [1.54, 1.807) is 11.6 Å². The number of nitrogens with one attached hydrogen (secondary N) is 1. The number of alkyl halides is 3. The van der Waals surface area contributed by atoms with Gasteiger partial charge in [0.25, 0.3) is 0 Å². The lowest BCUT2D eigenvalue weighted by Crippen LogP contribution is -2.16. The molecule has 4 nitrogen and oxygen atoms in total. The molecular formula is C13H9F3N2O2S. The summed E-state index contributed by atoms with van der Waals surface area (Å²) in [6, 6.07) is 5.17. The van der Waals surface area contributed by atoms with Crippen molar-refractivity contribution in [2.24, 2.45) is 0 Å². The zero-order valence-corrected chi connectivity index (χ0v) is 11.2. The number of amides is 1. The van der Waals surface area contributed by atoms with Crippen LogP contribution in [0.25, 0.3) is 6.08 Å². The quantitative estimate of drug-likeness (QED) is 0.876. The molecule has 2 aromatic rings. The number of rotatable bonds is 4. The lowest BCUT2D eigenvalue weighted by Gasteiger charge is -2.08. The smallest absolute Gasteiger partial charge is 0.406 e. The number of anilines is 1. The van der Waals surface area contributed by atoms with Gasteiger partial charge >= 0.3 is 6.36 Å². The number of hydrogen-bond donors (Lipinski definition) is 1. The summed E-state index contributed by atoms with van der Waals surface area (Å²) >= 11 is 1.28. The van der Waals surface area contributed by atoms with Crippen LogP contribution < -0.4 is 10.1 Å². The van der Waals surface area contributed by atoms with Gasteiger partial charge in [0, 0.05) is 17.7 Å². The second-order valence-corrected chi connectivity index (χ2v) is 4.67. The molecule has 0 unspecified atom stereocenters. The Bertz CT molecular complexity index is 622. The van der Waals surface area contributed by atoms with Crippen LogP contribution >= 0.6 is 11.3 Å². The molecule has 0 saturated carbocycles. The highest BCUT2D eigenvalue weighted by atomic mass is 32.1. The van der Waals surface area contributed by atoms with Crippen LogP contribution in [0.15, 0.2) is 41.9 Å². The Hall–Kier alpha value is -2.35. The minimum Gasteiger partial charge on any atom is -0.406 e. The number of hydrogen-bond acceptors (Lipinski definition) is 4. The van der Waals surface area contributed by atoms with Crippen LogP contribution in [-0.2, 0) is 4.79 Å². The largest absolute Gasteiger partial charge is 0.573 e. The Labute approximate surface area is 121 Å². The van der Waals surface area contributed by atoms with Gasteiger partial charge in [-0.25, -0.2) is 4.98 Å². The van der Waals surface area contributed by atoms with Gasteiger partial charge in [-0.3, -0.25) is 10.1 Å². The summed E-state index contributed by atoms with van der Waals surface area (Å²) in [6.45, 7) is 0. The van der Waals surface area contributed by atoms with Gasteiger partial charge in [-0.1, -0.05) is 12.1 Å². The van der Waals surface area contributed by atoms with Crippen LogP contribution in [-0.4, -0.2) is 17.3 Å². The molecule has 0 saturated heterocycles. The lowest BCUT2D eigenvalue weighted by molar-refractivity contribution is -0.274. The van der Waals surface area contributed by atoms with Crippen molar-refractivity contribution in [1.82, 2.24) is 4.98 Å². The molecule has 1 aromatic heterocycles. The van der Waals surface area contributed by atoms with E-state index in [-0.39, 0.29) is 11.7 Å². The van der Waals surface area contributed by atoms with Gasteiger partial charge in [-0.05, 0) is 23.8 Å². The second-order valence-electron chi connectivity index (χ2n) is 3.78. The molecule has 0 fully saturated rings. The maximum atomic E-state index is 12.0. The second kappa shape index (κ2) is 6.40. The van der Waals surface area contributed by atoms with E-state index in [0.29, 0.717) is 10.7 Å². The SMILES string of the molecule is O=C(/C=C/c1ccc(OC(F)(F)F)cc1)Nc1nccs1. The Morgan fingerprint density at radius 1 is 1.29 bits per heavy atom. The monoisotopic (exact) mass is 314 g/mol. The predicted octanol–water partition coefficient (Wildman–Crippen LogP) is 3.69. The number of benzene rings is 1. The van der Waals surface area contributed by atoms with E-state index in [0.717, 1.165) is 0 Å². The number of thiazole rings is 1. The van der Waals surface area contributed by atoms with Gasteiger partial charge in [0.15, 0.2) is 5.13 Å². The van der Waals surface area contributed by atoms with Gasteiger partial charge in [0.05, 0.1) is 0 Å². The fraction of sp³-hybridized carbons (Fsp3) is 0.0769. The topological polar surface area (TPSA) is 51.2 Å². The minimum absolute atomic E-state index is 0.313. The number of ether oxygens (including phenoxy) is 1. The molecule has 21 heavy (non-hydrogen) atoms. The highest BCUT2D eigenvalue weighted by Crippen LogP contribution is 2.23. The first-order valence-corrected chi connectivity index (χ1v) is 6.55. The Kier molecular flexibility index (Phi) is 4.59. The van der Waals surface area contributed by atoms with Gasteiger partial charge in [0.2, 0.25) is 5.91 Å². The summed E-state index contributed by atoms with van der Waals surface area (Å²) in [5.74, 6) is -0.688. The Balaban J connectivity index is 1.93. The van der Waals surface area contributed by atoms with Crippen molar-refractivity contribution in [2.75, 3.05) is 5.32 Å². The van der Waals surface area contributed by atoms with Crippen molar-refractivity contribution < 1.29 is 22.7 Å². The van der Waals surface area contributed by atoms with Crippen LogP contribution in [0.4, 0.5) is 18.3 Å². The van der Waals surface area contributed by atoms with Gasteiger partial charge in [0.1, 0.15) is 5.75 Å².